The summed E-state index contributed by atoms with van der Waals surface area (Å²) in [6.45, 7) is 5.80. The Kier molecular flexibility index (Phi) is 5.03. The molecule has 1 aliphatic rings. The third-order valence-corrected chi connectivity index (χ3v) is 4.94. The third kappa shape index (κ3) is 3.69. The molecule has 4 heteroatoms. The molecule has 128 valence electrons. The normalized spacial score (nSPS) is 15.5. The largest absolute Gasteiger partial charge is 0.343 e. The minimum atomic E-state index is -0.0712. The fourth-order valence-electron chi connectivity index (χ4n) is 3.64. The molecule has 24 heavy (non-hydrogen) atoms. The van der Waals surface area contributed by atoms with E-state index in [0.29, 0.717) is 18.4 Å². The smallest absolute Gasteiger partial charge is 0.251 e. The van der Waals surface area contributed by atoms with Gasteiger partial charge in [-0.25, -0.2) is 0 Å². The number of fused-ring (bicyclic) bond motifs is 1. The molecule has 1 aromatic heterocycles. The van der Waals surface area contributed by atoms with Crippen molar-refractivity contribution in [2.75, 3.05) is 13.1 Å². The number of aryl methyl sites for hydroxylation is 3. The molecule has 0 atom stereocenters. The topological polar surface area (TPSA) is 53.2 Å². The van der Waals surface area contributed by atoms with Crippen molar-refractivity contribution < 1.29 is 4.79 Å². The SMILES string of the molecule is Cc1cc(C)c2[nH]c(=O)c(CCC(=O)N3CCCCCC3)cc2c1. The number of amides is 1. The van der Waals surface area contributed by atoms with E-state index in [4.69, 9.17) is 0 Å². The van der Waals surface area contributed by atoms with Gasteiger partial charge in [0.05, 0.1) is 5.52 Å². The summed E-state index contributed by atoms with van der Waals surface area (Å²) in [7, 11) is 0. The molecule has 0 saturated carbocycles. The molecule has 0 spiro atoms. The van der Waals surface area contributed by atoms with Crippen LogP contribution in [0.15, 0.2) is 23.0 Å². The number of hydrogen-bond donors (Lipinski definition) is 1. The molecule has 1 N–H and O–H groups in total. The lowest BCUT2D eigenvalue weighted by Crippen LogP contribution is -2.32. The molecular weight excluding hydrogens is 300 g/mol. The Morgan fingerprint density at radius 2 is 1.79 bits per heavy atom. The summed E-state index contributed by atoms with van der Waals surface area (Å²) in [5.74, 6) is 0.178. The zero-order valence-corrected chi connectivity index (χ0v) is 14.7. The highest BCUT2D eigenvalue weighted by atomic mass is 16.2. The first-order chi connectivity index (χ1) is 11.5. The van der Waals surface area contributed by atoms with Gasteiger partial charge in [-0.2, -0.15) is 0 Å². The molecular formula is C20H26N2O2. The van der Waals surface area contributed by atoms with Crippen LogP contribution in [-0.2, 0) is 11.2 Å². The number of rotatable bonds is 3. The molecule has 1 saturated heterocycles. The van der Waals surface area contributed by atoms with Crippen LogP contribution >= 0.6 is 0 Å². The van der Waals surface area contributed by atoms with Crippen LogP contribution in [0.25, 0.3) is 10.9 Å². The summed E-state index contributed by atoms with van der Waals surface area (Å²) in [5, 5.41) is 1.05. The van der Waals surface area contributed by atoms with E-state index >= 15 is 0 Å². The van der Waals surface area contributed by atoms with E-state index < -0.39 is 0 Å². The van der Waals surface area contributed by atoms with Crippen LogP contribution in [0.1, 0.15) is 48.8 Å². The van der Waals surface area contributed by atoms with Crippen molar-refractivity contribution in [1.29, 1.82) is 0 Å². The number of carbonyl (C=O) groups excluding carboxylic acids is 1. The van der Waals surface area contributed by atoms with Crippen molar-refractivity contribution in [3.63, 3.8) is 0 Å². The van der Waals surface area contributed by atoms with Crippen LogP contribution in [0.4, 0.5) is 0 Å². The first-order valence-corrected chi connectivity index (χ1v) is 8.95. The predicted octanol–water partition coefficient (Wildman–Crippen LogP) is 3.48. The number of aromatic amines is 1. The summed E-state index contributed by atoms with van der Waals surface area (Å²) in [5.41, 5.74) is 3.79. The second kappa shape index (κ2) is 7.20. The number of likely N-dealkylation sites (tertiary alicyclic amines) is 1. The van der Waals surface area contributed by atoms with E-state index in [2.05, 4.69) is 24.0 Å². The fraction of sp³-hybridized carbons (Fsp3) is 0.500. The molecule has 2 heterocycles. The van der Waals surface area contributed by atoms with Gasteiger partial charge in [-0.3, -0.25) is 9.59 Å². The number of aromatic nitrogens is 1. The molecule has 0 radical (unpaired) electrons. The van der Waals surface area contributed by atoms with Crippen LogP contribution in [0.2, 0.25) is 0 Å². The number of nitrogens with one attached hydrogen (secondary N) is 1. The lowest BCUT2D eigenvalue weighted by molar-refractivity contribution is -0.131. The Balaban J connectivity index is 1.76. The molecule has 1 fully saturated rings. The quantitative estimate of drug-likeness (QED) is 0.939. The van der Waals surface area contributed by atoms with Gasteiger partial charge in [-0.1, -0.05) is 24.5 Å². The summed E-state index contributed by atoms with van der Waals surface area (Å²) in [6, 6.07) is 6.10. The molecule has 4 nitrogen and oxygen atoms in total. The Labute approximate surface area is 142 Å². The number of H-pyrrole nitrogens is 1. The maximum absolute atomic E-state index is 12.4. The highest BCUT2D eigenvalue weighted by Gasteiger charge is 2.16. The minimum absolute atomic E-state index is 0.0712. The molecule has 3 rings (SSSR count). The first kappa shape index (κ1) is 16.7. The predicted molar refractivity (Wildman–Crippen MR) is 97.4 cm³/mol. The first-order valence-electron chi connectivity index (χ1n) is 8.95. The Bertz CT molecular complexity index is 799. The van der Waals surface area contributed by atoms with E-state index in [0.717, 1.165) is 42.4 Å². The summed E-state index contributed by atoms with van der Waals surface area (Å²) in [4.78, 5) is 29.7. The Hall–Kier alpha value is -2.10. The van der Waals surface area contributed by atoms with Crippen molar-refractivity contribution in [2.45, 2.75) is 52.4 Å². The molecule has 1 aliphatic heterocycles. The molecule has 1 aromatic carbocycles. The third-order valence-electron chi connectivity index (χ3n) is 4.94. The van der Waals surface area contributed by atoms with Crippen LogP contribution in [0.3, 0.4) is 0 Å². The van der Waals surface area contributed by atoms with Crippen LogP contribution in [0.5, 0.6) is 0 Å². The summed E-state index contributed by atoms with van der Waals surface area (Å²) >= 11 is 0. The second-order valence-electron chi connectivity index (χ2n) is 6.96. The van der Waals surface area contributed by atoms with Gasteiger partial charge in [0.1, 0.15) is 0 Å². The molecule has 0 unspecified atom stereocenters. The van der Waals surface area contributed by atoms with Crippen molar-refractivity contribution >= 4 is 16.8 Å². The van der Waals surface area contributed by atoms with Crippen LogP contribution in [-0.4, -0.2) is 28.9 Å². The maximum Gasteiger partial charge on any atom is 0.251 e. The van der Waals surface area contributed by atoms with Gasteiger partial charge in [0.15, 0.2) is 0 Å². The molecule has 0 bridgehead atoms. The van der Waals surface area contributed by atoms with Gasteiger partial charge >= 0.3 is 0 Å². The van der Waals surface area contributed by atoms with Crippen LogP contribution in [0, 0.1) is 13.8 Å². The highest BCUT2D eigenvalue weighted by molar-refractivity contribution is 5.83. The monoisotopic (exact) mass is 326 g/mol. The molecule has 0 aliphatic carbocycles. The number of carbonyl (C=O) groups is 1. The minimum Gasteiger partial charge on any atom is -0.343 e. The van der Waals surface area contributed by atoms with Crippen molar-refractivity contribution in [3.8, 4) is 0 Å². The van der Waals surface area contributed by atoms with Gasteiger partial charge < -0.3 is 9.88 Å². The van der Waals surface area contributed by atoms with Gasteiger partial charge in [-0.05, 0) is 56.2 Å². The lowest BCUT2D eigenvalue weighted by Gasteiger charge is -2.20. The van der Waals surface area contributed by atoms with Gasteiger partial charge in [0.25, 0.3) is 5.56 Å². The molecule has 1 amide bonds. The number of pyridine rings is 1. The number of hydrogen-bond acceptors (Lipinski definition) is 2. The van der Waals surface area contributed by atoms with Gasteiger partial charge in [0.2, 0.25) is 5.91 Å². The van der Waals surface area contributed by atoms with Crippen molar-refractivity contribution in [1.82, 2.24) is 9.88 Å². The van der Waals surface area contributed by atoms with E-state index in [1.165, 1.54) is 18.4 Å². The average Bonchev–Trinajstić information content (AvgIpc) is 2.83. The van der Waals surface area contributed by atoms with Crippen molar-refractivity contribution in [3.05, 3.63) is 45.2 Å². The van der Waals surface area contributed by atoms with E-state index in [1.54, 1.807) is 0 Å². The zero-order chi connectivity index (χ0) is 17.1. The fourth-order valence-corrected chi connectivity index (χ4v) is 3.64. The van der Waals surface area contributed by atoms with Crippen LogP contribution < -0.4 is 5.56 Å². The van der Waals surface area contributed by atoms with E-state index in [9.17, 15) is 9.59 Å². The average molecular weight is 326 g/mol. The van der Waals surface area contributed by atoms with E-state index in [-0.39, 0.29) is 11.5 Å². The number of benzene rings is 1. The maximum atomic E-state index is 12.4. The molecule has 2 aromatic rings. The lowest BCUT2D eigenvalue weighted by atomic mass is 10.0. The highest BCUT2D eigenvalue weighted by Crippen LogP contribution is 2.19. The van der Waals surface area contributed by atoms with Gasteiger partial charge in [0, 0.05) is 25.1 Å². The summed E-state index contributed by atoms with van der Waals surface area (Å²) in [6.07, 6.45) is 5.55. The standard InChI is InChI=1S/C20H26N2O2/c1-14-11-15(2)19-17(12-14)13-16(20(24)21-19)7-8-18(23)22-9-5-3-4-6-10-22/h11-13H,3-10H2,1-2H3,(H,21,24). The number of nitrogens with zero attached hydrogens (tertiary/aromatic N) is 1. The van der Waals surface area contributed by atoms with Gasteiger partial charge in [-0.15, -0.1) is 0 Å². The van der Waals surface area contributed by atoms with E-state index in [1.807, 2.05) is 17.9 Å². The zero-order valence-electron chi connectivity index (χ0n) is 14.7. The van der Waals surface area contributed by atoms with Crippen molar-refractivity contribution in [2.24, 2.45) is 0 Å². The summed E-state index contributed by atoms with van der Waals surface area (Å²) < 4.78 is 0. The Morgan fingerprint density at radius 3 is 2.50 bits per heavy atom. The second-order valence-corrected chi connectivity index (χ2v) is 6.96. The Morgan fingerprint density at radius 1 is 1.08 bits per heavy atom.